The van der Waals surface area contributed by atoms with Crippen molar-refractivity contribution in [3.63, 3.8) is 0 Å². The molecular formula is C20H23NO3. The van der Waals surface area contributed by atoms with Crippen LogP contribution in [0.3, 0.4) is 0 Å². The van der Waals surface area contributed by atoms with E-state index in [1.165, 1.54) is 0 Å². The van der Waals surface area contributed by atoms with Gasteiger partial charge in [-0.1, -0.05) is 48.0 Å². The van der Waals surface area contributed by atoms with Crippen molar-refractivity contribution < 1.29 is 14.3 Å². The molecule has 4 nitrogen and oxygen atoms in total. The Labute approximate surface area is 142 Å². The van der Waals surface area contributed by atoms with Crippen molar-refractivity contribution in [2.24, 2.45) is 0 Å². The Bertz CT molecular complexity index is 695. The molecule has 0 heterocycles. The number of benzene rings is 2. The van der Waals surface area contributed by atoms with Crippen LogP contribution in [0.5, 0.6) is 5.75 Å². The SMILES string of the molecule is COc1ccc(C)cc1CCNC(=O)CCC(=O)c1ccccc1. The van der Waals surface area contributed by atoms with E-state index < -0.39 is 0 Å². The molecule has 1 amide bonds. The van der Waals surface area contributed by atoms with Gasteiger partial charge in [-0.05, 0) is 25.0 Å². The molecule has 24 heavy (non-hydrogen) atoms. The number of nitrogens with one attached hydrogen (secondary N) is 1. The molecule has 0 saturated heterocycles. The highest BCUT2D eigenvalue weighted by Crippen LogP contribution is 2.19. The van der Waals surface area contributed by atoms with E-state index >= 15 is 0 Å². The monoisotopic (exact) mass is 325 g/mol. The fraction of sp³-hybridized carbons (Fsp3) is 0.300. The second kappa shape index (κ2) is 8.87. The standard InChI is InChI=1S/C20H23NO3/c1-15-8-10-19(24-2)17(14-15)12-13-21-20(23)11-9-18(22)16-6-4-3-5-7-16/h3-8,10,14H,9,11-13H2,1-2H3,(H,21,23). The Kier molecular flexibility index (Phi) is 6.55. The first kappa shape index (κ1) is 17.7. The topological polar surface area (TPSA) is 55.4 Å². The Morgan fingerprint density at radius 2 is 1.79 bits per heavy atom. The maximum atomic E-state index is 12.0. The maximum absolute atomic E-state index is 12.0. The lowest BCUT2D eigenvalue weighted by Gasteiger charge is -2.10. The fourth-order valence-corrected chi connectivity index (χ4v) is 2.52. The molecular weight excluding hydrogens is 302 g/mol. The van der Waals surface area contributed by atoms with Crippen molar-refractivity contribution in [1.29, 1.82) is 0 Å². The van der Waals surface area contributed by atoms with E-state index in [2.05, 4.69) is 11.4 Å². The molecule has 126 valence electrons. The quantitative estimate of drug-likeness (QED) is 0.758. The third-order valence-corrected chi connectivity index (χ3v) is 3.83. The van der Waals surface area contributed by atoms with Crippen molar-refractivity contribution in [3.05, 3.63) is 65.2 Å². The van der Waals surface area contributed by atoms with E-state index in [0.29, 0.717) is 18.5 Å². The second-order valence-electron chi connectivity index (χ2n) is 5.70. The maximum Gasteiger partial charge on any atom is 0.220 e. The summed E-state index contributed by atoms with van der Waals surface area (Å²) in [6, 6.07) is 15.0. The molecule has 0 saturated carbocycles. The van der Waals surface area contributed by atoms with E-state index in [1.807, 2.05) is 37.3 Å². The number of ketones is 1. The third kappa shape index (κ3) is 5.23. The number of carbonyl (C=O) groups excluding carboxylic acids is 2. The molecule has 2 aromatic carbocycles. The first-order chi connectivity index (χ1) is 11.6. The summed E-state index contributed by atoms with van der Waals surface area (Å²) < 4.78 is 5.33. The summed E-state index contributed by atoms with van der Waals surface area (Å²) in [5.74, 6) is 0.714. The van der Waals surface area contributed by atoms with E-state index in [0.717, 1.165) is 16.9 Å². The highest BCUT2D eigenvalue weighted by molar-refractivity contribution is 5.97. The highest BCUT2D eigenvalue weighted by atomic mass is 16.5. The zero-order chi connectivity index (χ0) is 17.4. The molecule has 0 radical (unpaired) electrons. The molecule has 0 aliphatic rings. The number of hydrogen-bond donors (Lipinski definition) is 1. The lowest BCUT2D eigenvalue weighted by atomic mass is 10.1. The first-order valence-corrected chi connectivity index (χ1v) is 8.08. The molecule has 4 heteroatoms. The van der Waals surface area contributed by atoms with Gasteiger partial charge in [-0.25, -0.2) is 0 Å². The summed E-state index contributed by atoms with van der Waals surface area (Å²) >= 11 is 0. The van der Waals surface area contributed by atoms with Crippen LogP contribution in [0, 0.1) is 6.92 Å². The molecule has 2 aromatic rings. The van der Waals surface area contributed by atoms with Gasteiger partial charge in [0, 0.05) is 24.9 Å². The number of rotatable bonds is 8. The first-order valence-electron chi connectivity index (χ1n) is 8.08. The van der Waals surface area contributed by atoms with Crippen LogP contribution in [0.4, 0.5) is 0 Å². The van der Waals surface area contributed by atoms with Crippen molar-refractivity contribution in [1.82, 2.24) is 5.32 Å². The minimum atomic E-state index is -0.106. The largest absolute Gasteiger partial charge is 0.496 e. The van der Waals surface area contributed by atoms with Crippen LogP contribution in [-0.4, -0.2) is 25.3 Å². The van der Waals surface area contributed by atoms with Gasteiger partial charge >= 0.3 is 0 Å². The smallest absolute Gasteiger partial charge is 0.220 e. The summed E-state index contributed by atoms with van der Waals surface area (Å²) in [5.41, 5.74) is 2.87. The summed E-state index contributed by atoms with van der Waals surface area (Å²) in [6.07, 6.45) is 1.13. The van der Waals surface area contributed by atoms with Crippen LogP contribution >= 0.6 is 0 Å². The molecule has 0 spiro atoms. The Balaban J connectivity index is 1.76. The van der Waals surface area contributed by atoms with Gasteiger partial charge in [0.1, 0.15) is 5.75 Å². The highest BCUT2D eigenvalue weighted by Gasteiger charge is 2.09. The summed E-state index contributed by atoms with van der Waals surface area (Å²) in [5, 5.41) is 2.86. The summed E-state index contributed by atoms with van der Waals surface area (Å²) in [4.78, 5) is 23.9. The number of amides is 1. The minimum absolute atomic E-state index is 0.00824. The van der Waals surface area contributed by atoms with Gasteiger partial charge in [-0.3, -0.25) is 9.59 Å². The van der Waals surface area contributed by atoms with Crippen LogP contribution in [-0.2, 0) is 11.2 Å². The normalized spacial score (nSPS) is 10.2. The number of hydrogen-bond acceptors (Lipinski definition) is 3. The van der Waals surface area contributed by atoms with Crippen molar-refractivity contribution in [2.75, 3.05) is 13.7 Å². The van der Waals surface area contributed by atoms with Crippen molar-refractivity contribution in [3.8, 4) is 5.75 Å². The molecule has 0 atom stereocenters. The zero-order valence-electron chi connectivity index (χ0n) is 14.2. The predicted octanol–water partition coefficient (Wildman–Crippen LogP) is 3.33. The lowest BCUT2D eigenvalue weighted by molar-refractivity contribution is -0.121. The van der Waals surface area contributed by atoms with Gasteiger partial charge in [0.25, 0.3) is 0 Å². The molecule has 2 rings (SSSR count). The van der Waals surface area contributed by atoms with Gasteiger partial charge in [-0.15, -0.1) is 0 Å². The third-order valence-electron chi connectivity index (χ3n) is 3.83. The van der Waals surface area contributed by atoms with Gasteiger partial charge in [-0.2, -0.15) is 0 Å². The van der Waals surface area contributed by atoms with Crippen molar-refractivity contribution in [2.45, 2.75) is 26.2 Å². The van der Waals surface area contributed by atoms with Crippen LogP contribution in [0.1, 0.15) is 34.3 Å². The average molecular weight is 325 g/mol. The van der Waals surface area contributed by atoms with E-state index in [4.69, 9.17) is 4.74 Å². The Morgan fingerprint density at radius 3 is 2.50 bits per heavy atom. The summed E-state index contributed by atoms with van der Waals surface area (Å²) in [6.45, 7) is 2.55. The Morgan fingerprint density at radius 1 is 1.04 bits per heavy atom. The van der Waals surface area contributed by atoms with Gasteiger partial charge in [0.2, 0.25) is 5.91 Å². The second-order valence-corrected chi connectivity index (χ2v) is 5.70. The minimum Gasteiger partial charge on any atom is -0.496 e. The molecule has 0 aliphatic heterocycles. The van der Waals surface area contributed by atoms with Crippen LogP contribution in [0.2, 0.25) is 0 Å². The number of aryl methyl sites for hydroxylation is 1. The van der Waals surface area contributed by atoms with Gasteiger partial charge in [0.05, 0.1) is 7.11 Å². The number of ether oxygens (including phenoxy) is 1. The van der Waals surface area contributed by atoms with E-state index in [9.17, 15) is 9.59 Å². The van der Waals surface area contributed by atoms with Crippen LogP contribution in [0.25, 0.3) is 0 Å². The number of Topliss-reactive ketones (excluding diaryl/α,β-unsaturated/α-hetero) is 1. The predicted molar refractivity (Wildman–Crippen MR) is 94.5 cm³/mol. The van der Waals surface area contributed by atoms with Gasteiger partial charge < -0.3 is 10.1 Å². The molecule has 0 fully saturated rings. The molecule has 0 aromatic heterocycles. The number of methoxy groups -OCH3 is 1. The summed E-state index contributed by atoms with van der Waals surface area (Å²) in [7, 11) is 1.64. The Hall–Kier alpha value is -2.62. The number of carbonyl (C=O) groups is 2. The van der Waals surface area contributed by atoms with E-state index in [1.54, 1.807) is 19.2 Å². The van der Waals surface area contributed by atoms with Crippen LogP contribution in [0.15, 0.2) is 48.5 Å². The molecule has 0 aliphatic carbocycles. The lowest BCUT2D eigenvalue weighted by Crippen LogP contribution is -2.26. The zero-order valence-corrected chi connectivity index (χ0v) is 14.2. The average Bonchev–Trinajstić information content (AvgIpc) is 2.60. The van der Waals surface area contributed by atoms with E-state index in [-0.39, 0.29) is 24.5 Å². The van der Waals surface area contributed by atoms with Crippen LogP contribution < -0.4 is 10.1 Å². The molecule has 0 bridgehead atoms. The fourth-order valence-electron chi connectivity index (χ4n) is 2.52. The van der Waals surface area contributed by atoms with Gasteiger partial charge in [0.15, 0.2) is 5.78 Å². The molecule has 1 N–H and O–H groups in total. The van der Waals surface area contributed by atoms with Crippen molar-refractivity contribution >= 4 is 11.7 Å². The molecule has 0 unspecified atom stereocenters.